The summed E-state index contributed by atoms with van der Waals surface area (Å²) in [5.41, 5.74) is 1.22. The Labute approximate surface area is 129 Å². The molecule has 0 N–H and O–H groups in total. The summed E-state index contributed by atoms with van der Waals surface area (Å²) in [7, 11) is 0. The first kappa shape index (κ1) is 14.7. The molecule has 0 spiro atoms. The first-order chi connectivity index (χ1) is 8.88. The van der Waals surface area contributed by atoms with Crippen LogP contribution in [0.15, 0.2) is 22.7 Å². The van der Waals surface area contributed by atoms with Gasteiger partial charge in [0.1, 0.15) is 16.1 Å². The molecule has 2 rings (SSSR count). The van der Waals surface area contributed by atoms with Crippen LogP contribution in [0.25, 0.3) is 11.4 Å². The SMILES string of the molecule is CC(C)c1c(Cl)nc(-c2cc(F)cc(Br)c2)nc1Cl. The summed E-state index contributed by atoms with van der Waals surface area (Å²) in [5.74, 6) is 0.0426. The van der Waals surface area contributed by atoms with E-state index in [9.17, 15) is 4.39 Å². The molecule has 1 aromatic heterocycles. The van der Waals surface area contributed by atoms with E-state index in [2.05, 4.69) is 25.9 Å². The minimum atomic E-state index is -0.381. The number of rotatable bonds is 2. The molecule has 6 heteroatoms. The van der Waals surface area contributed by atoms with Gasteiger partial charge < -0.3 is 0 Å². The van der Waals surface area contributed by atoms with Crippen LogP contribution in [0.2, 0.25) is 10.3 Å². The molecule has 0 fully saturated rings. The summed E-state index contributed by atoms with van der Waals surface area (Å²) in [6.45, 7) is 3.91. The highest BCUT2D eigenvalue weighted by Crippen LogP contribution is 2.31. The van der Waals surface area contributed by atoms with Crippen molar-refractivity contribution in [3.05, 3.63) is 44.4 Å². The van der Waals surface area contributed by atoms with Gasteiger partial charge in [-0.1, -0.05) is 53.0 Å². The lowest BCUT2D eigenvalue weighted by Crippen LogP contribution is -1.99. The second-order valence-corrected chi connectivity index (χ2v) is 5.99. The van der Waals surface area contributed by atoms with Gasteiger partial charge in [0, 0.05) is 15.6 Å². The molecule has 0 aliphatic rings. The number of nitrogens with zero attached hydrogens (tertiary/aromatic N) is 2. The molecule has 0 bridgehead atoms. The van der Waals surface area contributed by atoms with Gasteiger partial charge >= 0.3 is 0 Å². The second-order valence-electron chi connectivity index (χ2n) is 4.36. The van der Waals surface area contributed by atoms with E-state index in [1.807, 2.05) is 13.8 Å². The highest BCUT2D eigenvalue weighted by molar-refractivity contribution is 9.10. The first-order valence-electron chi connectivity index (χ1n) is 5.58. The van der Waals surface area contributed by atoms with Crippen LogP contribution in [0.4, 0.5) is 4.39 Å². The smallest absolute Gasteiger partial charge is 0.162 e. The molecule has 19 heavy (non-hydrogen) atoms. The topological polar surface area (TPSA) is 25.8 Å². The van der Waals surface area contributed by atoms with Gasteiger partial charge in [-0.2, -0.15) is 0 Å². The number of benzene rings is 1. The zero-order valence-electron chi connectivity index (χ0n) is 10.2. The molecule has 2 nitrogen and oxygen atoms in total. The summed E-state index contributed by atoms with van der Waals surface area (Å²) in [5, 5.41) is 0.593. The van der Waals surface area contributed by atoms with E-state index in [0.29, 0.717) is 31.7 Å². The van der Waals surface area contributed by atoms with Gasteiger partial charge in [0.2, 0.25) is 0 Å². The van der Waals surface area contributed by atoms with Crippen LogP contribution < -0.4 is 0 Å². The van der Waals surface area contributed by atoms with E-state index in [-0.39, 0.29) is 11.7 Å². The fourth-order valence-electron chi connectivity index (χ4n) is 1.70. The van der Waals surface area contributed by atoms with Gasteiger partial charge in [-0.15, -0.1) is 0 Å². The van der Waals surface area contributed by atoms with Crippen molar-refractivity contribution in [2.45, 2.75) is 19.8 Å². The van der Waals surface area contributed by atoms with Crippen molar-refractivity contribution >= 4 is 39.1 Å². The van der Waals surface area contributed by atoms with Gasteiger partial charge in [0.15, 0.2) is 5.82 Å². The largest absolute Gasteiger partial charge is 0.216 e. The molecule has 0 atom stereocenters. The number of hydrogen-bond acceptors (Lipinski definition) is 2. The molecule has 100 valence electrons. The average Bonchev–Trinajstić information content (AvgIpc) is 2.25. The van der Waals surface area contributed by atoms with Gasteiger partial charge in [0.05, 0.1) is 0 Å². The third-order valence-corrected chi connectivity index (χ3v) is 3.58. The lowest BCUT2D eigenvalue weighted by Gasteiger charge is -2.11. The van der Waals surface area contributed by atoms with Crippen molar-refractivity contribution in [3.63, 3.8) is 0 Å². The van der Waals surface area contributed by atoms with Crippen molar-refractivity contribution in [2.75, 3.05) is 0 Å². The Morgan fingerprint density at radius 3 is 2.16 bits per heavy atom. The standard InChI is InChI=1S/C13H10BrCl2FN2/c1-6(2)10-11(15)18-13(19-12(10)16)7-3-8(14)5-9(17)4-7/h3-6H,1-2H3. The van der Waals surface area contributed by atoms with E-state index in [1.54, 1.807) is 6.07 Å². The van der Waals surface area contributed by atoms with Crippen molar-refractivity contribution < 1.29 is 4.39 Å². The molecule has 0 saturated carbocycles. The summed E-state index contributed by atoms with van der Waals surface area (Å²) < 4.78 is 14.0. The maximum atomic E-state index is 13.4. The van der Waals surface area contributed by atoms with Crippen LogP contribution in [-0.2, 0) is 0 Å². The molecule has 0 aliphatic heterocycles. The maximum absolute atomic E-state index is 13.4. The van der Waals surface area contributed by atoms with Crippen molar-refractivity contribution in [2.24, 2.45) is 0 Å². The first-order valence-corrected chi connectivity index (χ1v) is 7.12. The molecule has 0 saturated heterocycles. The highest BCUT2D eigenvalue weighted by Gasteiger charge is 2.16. The molecular weight excluding hydrogens is 354 g/mol. The van der Waals surface area contributed by atoms with Gasteiger partial charge in [-0.3, -0.25) is 0 Å². The minimum Gasteiger partial charge on any atom is -0.216 e. The van der Waals surface area contributed by atoms with Crippen LogP contribution in [0, 0.1) is 5.82 Å². The Kier molecular flexibility index (Phi) is 4.43. The Bertz CT molecular complexity index is 589. The van der Waals surface area contributed by atoms with Crippen LogP contribution in [0.5, 0.6) is 0 Å². The molecule has 2 aromatic rings. The molecular formula is C13H10BrCl2FN2. The minimum absolute atomic E-state index is 0.119. The monoisotopic (exact) mass is 362 g/mol. The van der Waals surface area contributed by atoms with Crippen LogP contribution in [0.1, 0.15) is 25.3 Å². The lowest BCUT2D eigenvalue weighted by molar-refractivity contribution is 0.627. The summed E-state index contributed by atoms with van der Waals surface area (Å²) in [4.78, 5) is 8.38. The fraction of sp³-hybridized carbons (Fsp3) is 0.231. The Hall–Kier alpha value is -0.710. The molecule has 1 heterocycles. The Balaban J connectivity index is 2.58. The summed E-state index contributed by atoms with van der Waals surface area (Å²) in [6.07, 6.45) is 0. The van der Waals surface area contributed by atoms with Gasteiger partial charge in [-0.25, -0.2) is 14.4 Å². The Morgan fingerprint density at radius 2 is 1.68 bits per heavy atom. The van der Waals surface area contributed by atoms with E-state index < -0.39 is 0 Å². The third kappa shape index (κ3) is 3.25. The number of halogens is 4. The van der Waals surface area contributed by atoms with E-state index in [1.165, 1.54) is 12.1 Å². The van der Waals surface area contributed by atoms with Crippen LogP contribution >= 0.6 is 39.1 Å². The van der Waals surface area contributed by atoms with Gasteiger partial charge in [0.25, 0.3) is 0 Å². The van der Waals surface area contributed by atoms with Crippen molar-refractivity contribution in [3.8, 4) is 11.4 Å². The summed E-state index contributed by atoms with van der Waals surface area (Å²) >= 11 is 15.5. The zero-order valence-corrected chi connectivity index (χ0v) is 13.3. The Morgan fingerprint density at radius 1 is 1.11 bits per heavy atom. The van der Waals surface area contributed by atoms with E-state index in [4.69, 9.17) is 23.2 Å². The van der Waals surface area contributed by atoms with Crippen LogP contribution in [-0.4, -0.2) is 9.97 Å². The molecule has 0 radical (unpaired) electrons. The predicted octanol–water partition coefficient (Wildman–Crippen LogP) is 5.48. The summed E-state index contributed by atoms with van der Waals surface area (Å²) in [6, 6.07) is 4.40. The number of aromatic nitrogens is 2. The molecule has 1 aromatic carbocycles. The van der Waals surface area contributed by atoms with E-state index >= 15 is 0 Å². The average molecular weight is 364 g/mol. The zero-order chi connectivity index (χ0) is 14.2. The lowest BCUT2D eigenvalue weighted by atomic mass is 10.1. The van der Waals surface area contributed by atoms with Crippen molar-refractivity contribution in [1.82, 2.24) is 9.97 Å². The molecule has 0 amide bonds. The highest BCUT2D eigenvalue weighted by atomic mass is 79.9. The maximum Gasteiger partial charge on any atom is 0.162 e. The third-order valence-electron chi connectivity index (χ3n) is 2.55. The normalized spacial score (nSPS) is 11.1. The van der Waals surface area contributed by atoms with Crippen LogP contribution in [0.3, 0.4) is 0 Å². The van der Waals surface area contributed by atoms with E-state index in [0.717, 1.165) is 0 Å². The fourth-order valence-corrected chi connectivity index (χ4v) is 2.99. The predicted molar refractivity (Wildman–Crippen MR) is 79.2 cm³/mol. The molecule has 0 aliphatic carbocycles. The van der Waals surface area contributed by atoms with Gasteiger partial charge in [-0.05, 0) is 24.1 Å². The quantitative estimate of drug-likeness (QED) is 0.660. The van der Waals surface area contributed by atoms with Crippen molar-refractivity contribution in [1.29, 1.82) is 0 Å². The molecule has 0 unspecified atom stereocenters. The number of hydrogen-bond donors (Lipinski definition) is 0. The second kappa shape index (κ2) is 5.73.